The number of ether oxygens (including phenoxy) is 3. The first-order chi connectivity index (χ1) is 17.1. The van der Waals surface area contributed by atoms with E-state index in [4.69, 9.17) is 14.2 Å². The molecule has 4 nitrogen and oxygen atoms in total. The van der Waals surface area contributed by atoms with Crippen molar-refractivity contribution in [2.75, 3.05) is 13.2 Å². The lowest BCUT2D eigenvalue weighted by atomic mass is 9.87. The number of rotatable bonds is 10. The van der Waals surface area contributed by atoms with Crippen LogP contribution in [0.2, 0.25) is 0 Å². The van der Waals surface area contributed by atoms with Crippen LogP contribution in [0.15, 0.2) is 84.9 Å². The Labute approximate surface area is 208 Å². The highest BCUT2D eigenvalue weighted by atomic mass is 16.5. The predicted octanol–water partition coefficient (Wildman–Crippen LogP) is 7.55. The Kier molecular flexibility index (Phi) is 8.61. The van der Waals surface area contributed by atoms with Crippen molar-refractivity contribution in [2.45, 2.75) is 45.4 Å². The van der Waals surface area contributed by atoms with E-state index >= 15 is 0 Å². The topological polar surface area (TPSA) is 44.8 Å². The van der Waals surface area contributed by atoms with Gasteiger partial charge in [0.25, 0.3) is 0 Å². The van der Waals surface area contributed by atoms with Crippen LogP contribution in [0.25, 0.3) is 11.1 Å². The lowest BCUT2D eigenvalue weighted by molar-refractivity contribution is -0.139. The van der Waals surface area contributed by atoms with Gasteiger partial charge in [0, 0.05) is 0 Å². The van der Waals surface area contributed by atoms with Crippen LogP contribution >= 0.6 is 0 Å². The second-order valence-corrected chi connectivity index (χ2v) is 9.21. The number of hydrogen-bond acceptors (Lipinski definition) is 4. The molecule has 0 heterocycles. The highest BCUT2D eigenvalue weighted by molar-refractivity contribution is 5.75. The summed E-state index contributed by atoms with van der Waals surface area (Å²) in [5.41, 5.74) is 4.63. The number of esters is 1. The fourth-order valence-corrected chi connectivity index (χ4v) is 4.14. The molecular formula is C31H34O4. The summed E-state index contributed by atoms with van der Waals surface area (Å²) in [4.78, 5) is 12.4. The Balaban J connectivity index is 1.18. The molecule has 1 aliphatic carbocycles. The lowest BCUT2D eigenvalue weighted by Gasteiger charge is -2.21. The third-order valence-corrected chi connectivity index (χ3v) is 6.38. The summed E-state index contributed by atoms with van der Waals surface area (Å²) >= 11 is 0. The van der Waals surface area contributed by atoms with Crippen molar-refractivity contribution in [3.63, 3.8) is 0 Å². The molecule has 1 fully saturated rings. The molecule has 0 N–H and O–H groups in total. The maximum Gasteiger partial charge on any atom is 0.314 e. The smallest absolute Gasteiger partial charge is 0.314 e. The molecule has 0 amide bonds. The first-order valence-electron chi connectivity index (χ1n) is 12.5. The summed E-state index contributed by atoms with van der Waals surface area (Å²) in [7, 11) is 0. The molecule has 3 aromatic carbocycles. The Hall–Kier alpha value is -3.53. The maximum atomic E-state index is 12.4. The van der Waals surface area contributed by atoms with E-state index in [-0.39, 0.29) is 11.9 Å². The van der Waals surface area contributed by atoms with Gasteiger partial charge in [0.05, 0.1) is 19.1 Å². The van der Waals surface area contributed by atoms with Gasteiger partial charge in [-0.1, -0.05) is 54.1 Å². The third-order valence-electron chi connectivity index (χ3n) is 6.38. The molecule has 0 aromatic heterocycles. The quantitative estimate of drug-likeness (QED) is 0.133. The van der Waals surface area contributed by atoms with Crippen LogP contribution in [0, 0.1) is 12.8 Å². The summed E-state index contributed by atoms with van der Waals surface area (Å²) < 4.78 is 17.2. The Morgan fingerprint density at radius 3 is 1.71 bits per heavy atom. The van der Waals surface area contributed by atoms with Crippen molar-refractivity contribution in [1.82, 2.24) is 0 Å². The molecule has 0 saturated heterocycles. The number of allylic oxidation sites excluding steroid dienone is 1. The van der Waals surface area contributed by atoms with Crippen LogP contribution in [-0.4, -0.2) is 19.2 Å². The lowest BCUT2D eigenvalue weighted by Crippen LogP contribution is -2.23. The van der Waals surface area contributed by atoms with Crippen LogP contribution in [0.1, 0.15) is 44.1 Å². The summed E-state index contributed by atoms with van der Waals surface area (Å²) in [5.74, 6) is 2.21. The van der Waals surface area contributed by atoms with E-state index in [0.29, 0.717) is 19.0 Å². The summed E-state index contributed by atoms with van der Waals surface area (Å²) in [5, 5.41) is 0. The fraction of sp³-hybridized carbons (Fsp3) is 0.323. The highest BCUT2D eigenvalue weighted by Gasteiger charge is 2.24. The molecule has 35 heavy (non-hydrogen) atoms. The molecule has 0 spiro atoms. The Morgan fingerprint density at radius 1 is 0.743 bits per heavy atom. The second-order valence-electron chi connectivity index (χ2n) is 9.21. The SMILES string of the molecule is C=C1CCC(C(=O)Oc2ccc(-c3ccc(OCCCCOc4ccc(C)cc4)cc3)cc2)CC1. The molecule has 4 heteroatoms. The van der Waals surface area contributed by atoms with Crippen LogP contribution in [0.5, 0.6) is 17.2 Å². The van der Waals surface area contributed by atoms with Crippen molar-refractivity contribution in [2.24, 2.45) is 5.92 Å². The van der Waals surface area contributed by atoms with E-state index in [1.165, 1.54) is 11.1 Å². The van der Waals surface area contributed by atoms with Gasteiger partial charge < -0.3 is 14.2 Å². The zero-order chi connectivity index (χ0) is 24.5. The van der Waals surface area contributed by atoms with Gasteiger partial charge in [0.2, 0.25) is 0 Å². The van der Waals surface area contributed by atoms with E-state index in [0.717, 1.165) is 61.2 Å². The minimum Gasteiger partial charge on any atom is -0.494 e. The van der Waals surface area contributed by atoms with Gasteiger partial charge in [0.15, 0.2) is 0 Å². The largest absolute Gasteiger partial charge is 0.494 e. The van der Waals surface area contributed by atoms with Gasteiger partial charge in [0.1, 0.15) is 17.2 Å². The molecule has 3 aromatic rings. The van der Waals surface area contributed by atoms with E-state index < -0.39 is 0 Å². The third kappa shape index (κ3) is 7.48. The van der Waals surface area contributed by atoms with Crippen LogP contribution < -0.4 is 14.2 Å². The van der Waals surface area contributed by atoms with Crippen molar-refractivity contribution in [3.8, 4) is 28.4 Å². The van der Waals surface area contributed by atoms with Crippen molar-refractivity contribution in [3.05, 3.63) is 90.5 Å². The van der Waals surface area contributed by atoms with Crippen LogP contribution in [0.4, 0.5) is 0 Å². The molecule has 0 aliphatic heterocycles. The van der Waals surface area contributed by atoms with Crippen LogP contribution in [0.3, 0.4) is 0 Å². The molecule has 1 aliphatic rings. The predicted molar refractivity (Wildman–Crippen MR) is 140 cm³/mol. The van der Waals surface area contributed by atoms with Gasteiger partial charge in [-0.2, -0.15) is 0 Å². The number of carbonyl (C=O) groups is 1. The highest BCUT2D eigenvalue weighted by Crippen LogP contribution is 2.29. The number of carbonyl (C=O) groups excluding carboxylic acids is 1. The number of unbranched alkanes of at least 4 members (excludes halogenated alkanes) is 1. The average molecular weight is 471 g/mol. The summed E-state index contributed by atoms with van der Waals surface area (Å²) in [6, 6.07) is 23.9. The normalized spacial score (nSPS) is 13.9. The first-order valence-corrected chi connectivity index (χ1v) is 12.5. The number of aryl methyl sites for hydroxylation is 1. The zero-order valence-electron chi connectivity index (χ0n) is 20.5. The van der Waals surface area contributed by atoms with E-state index in [1.54, 1.807) is 0 Å². The van der Waals surface area contributed by atoms with E-state index in [1.807, 2.05) is 60.7 Å². The van der Waals surface area contributed by atoms with Crippen molar-refractivity contribution in [1.29, 1.82) is 0 Å². The molecule has 0 bridgehead atoms. The first kappa shape index (κ1) is 24.6. The minimum atomic E-state index is -0.131. The summed E-state index contributed by atoms with van der Waals surface area (Å²) in [6.07, 6.45) is 5.39. The molecule has 0 unspecified atom stereocenters. The monoisotopic (exact) mass is 470 g/mol. The van der Waals surface area contributed by atoms with Gasteiger partial charge >= 0.3 is 5.97 Å². The van der Waals surface area contributed by atoms with Gasteiger partial charge in [-0.15, -0.1) is 0 Å². The van der Waals surface area contributed by atoms with Gasteiger partial charge in [-0.3, -0.25) is 4.79 Å². The molecule has 182 valence electrons. The molecule has 4 rings (SSSR count). The number of hydrogen-bond donors (Lipinski definition) is 0. The summed E-state index contributed by atoms with van der Waals surface area (Å²) in [6.45, 7) is 7.42. The fourth-order valence-electron chi connectivity index (χ4n) is 4.14. The maximum absolute atomic E-state index is 12.4. The molecule has 1 saturated carbocycles. The van der Waals surface area contributed by atoms with Crippen molar-refractivity contribution >= 4 is 5.97 Å². The Morgan fingerprint density at radius 2 is 1.20 bits per heavy atom. The molecule has 0 atom stereocenters. The van der Waals surface area contributed by atoms with E-state index in [9.17, 15) is 4.79 Å². The van der Waals surface area contributed by atoms with Gasteiger partial charge in [-0.25, -0.2) is 0 Å². The average Bonchev–Trinajstić information content (AvgIpc) is 2.88. The molecular weight excluding hydrogens is 436 g/mol. The molecule has 0 radical (unpaired) electrons. The Bertz CT molecular complexity index is 1090. The standard InChI is InChI=1S/C31H34O4/c1-23-5-9-27(10-6-23)31(32)35-30-19-13-26(14-20-30)25-11-17-29(18-12-25)34-22-4-3-21-33-28-15-7-24(2)8-16-28/h7-8,11-20,27H,1,3-6,9-10,21-22H2,2H3. The minimum absolute atomic E-state index is 0.0200. The van der Waals surface area contributed by atoms with Gasteiger partial charge in [-0.05, 0) is 93.0 Å². The zero-order valence-corrected chi connectivity index (χ0v) is 20.5. The second kappa shape index (κ2) is 12.3. The van der Waals surface area contributed by atoms with Crippen LogP contribution in [-0.2, 0) is 4.79 Å². The van der Waals surface area contributed by atoms with Crippen molar-refractivity contribution < 1.29 is 19.0 Å². The number of benzene rings is 3. The van der Waals surface area contributed by atoms with E-state index in [2.05, 4.69) is 25.6 Å².